The highest BCUT2D eigenvalue weighted by molar-refractivity contribution is 6.30. The van der Waals surface area contributed by atoms with Gasteiger partial charge in [0.25, 0.3) is 0 Å². The van der Waals surface area contributed by atoms with Crippen molar-refractivity contribution in [1.29, 1.82) is 0 Å². The van der Waals surface area contributed by atoms with E-state index in [0.717, 1.165) is 54.0 Å². The maximum Gasteiger partial charge on any atom is 0.159 e. The molecule has 3 aromatic rings. The van der Waals surface area contributed by atoms with E-state index in [1.807, 2.05) is 36.7 Å². The molecule has 1 aliphatic heterocycles. The average Bonchev–Trinajstić information content (AvgIpc) is 3.08. The number of hydrogen-bond acceptors (Lipinski definition) is 4. The fourth-order valence-corrected chi connectivity index (χ4v) is 2.97. The number of nitrogens with zero attached hydrogens (tertiary/aromatic N) is 4. The van der Waals surface area contributed by atoms with Gasteiger partial charge in [0.15, 0.2) is 5.82 Å². The number of hydrogen-bond donors (Lipinski definition) is 1. The monoisotopic (exact) mass is 325 g/mol. The number of rotatable bonds is 3. The van der Waals surface area contributed by atoms with Gasteiger partial charge in [-0.25, -0.2) is 15.0 Å². The Morgan fingerprint density at radius 1 is 1.17 bits per heavy atom. The maximum absolute atomic E-state index is 5.93. The summed E-state index contributed by atoms with van der Waals surface area (Å²) in [6.45, 7) is 2.66. The number of aromatic amines is 1. The largest absolute Gasteiger partial charge is 0.348 e. The van der Waals surface area contributed by atoms with Crippen LogP contribution in [-0.2, 0) is 19.5 Å². The van der Waals surface area contributed by atoms with E-state index in [9.17, 15) is 0 Å². The molecule has 0 spiro atoms. The summed E-state index contributed by atoms with van der Waals surface area (Å²) < 4.78 is 0. The van der Waals surface area contributed by atoms with Crippen molar-refractivity contribution >= 4 is 11.6 Å². The molecule has 0 atom stereocenters. The number of halogens is 1. The number of benzene rings is 1. The average molecular weight is 326 g/mol. The predicted octanol–water partition coefficient (Wildman–Crippen LogP) is 3.08. The van der Waals surface area contributed by atoms with E-state index in [0.29, 0.717) is 0 Å². The van der Waals surface area contributed by atoms with Gasteiger partial charge in [0.2, 0.25) is 0 Å². The molecule has 0 saturated heterocycles. The van der Waals surface area contributed by atoms with E-state index in [1.54, 1.807) is 6.20 Å². The molecule has 0 bridgehead atoms. The molecule has 6 heteroatoms. The first kappa shape index (κ1) is 14.4. The van der Waals surface area contributed by atoms with Crippen molar-refractivity contribution in [3.8, 4) is 11.4 Å². The van der Waals surface area contributed by atoms with Crippen molar-refractivity contribution in [2.24, 2.45) is 0 Å². The van der Waals surface area contributed by atoms with Crippen LogP contribution in [0.25, 0.3) is 11.4 Å². The number of imidazole rings is 1. The molecule has 0 aliphatic carbocycles. The topological polar surface area (TPSA) is 57.7 Å². The summed E-state index contributed by atoms with van der Waals surface area (Å²) in [5.41, 5.74) is 3.33. The Bertz CT molecular complexity index is 798. The Balaban J connectivity index is 1.53. The molecular weight excluding hydrogens is 310 g/mol. The highest BCUT2D eigenvalue weighted by Gasteiger charge is 2.19. The predicted molar refractivity (Wildman–Crippen MR) is 88.9 cm³/mol. The number of fused-ring (bicyclic) bond motifs is 1. The summed E-state index contributed by atoms with van der Waals surface area (Å²) in [5.74, 6) is 1.76. The van der Waals surface area contributed by atoms with Crippen LogP contribution in [0.2, 0.25) is 5.02 Å². The third-order valence-electron chi connectivity index (χ3n) is 4.04. The quantitative estimate of drug-likeness (QED) is 0.804. The van der Waals surface area contributed by atoms with Gasteiger partial charge in [-0.3, -0.25) is 4.90 Å². The molecule has 0 radical (unpaired) electrons. The molecule has 5 nitrogen and oxygen atoms in total. The Morgan fingerprint density at radius 2 is 2.04 bits per heavy atom. The lowest BCUT2D eigenvalue weighted by molar-refractivity contribution is 0.237. The van der Waals surface area contributed by atoms with Gasteiger partial charge in [0.1, 0.15) is 5.82 Å². The zero-order valence-electron chi connectivity index (χ0n) is 12.5. The molecule has 1 aliphatic rings. The number of H-pyrrole nitrogens is 1. The van der Waals surface area contributed by atoms with Crippen LogP contribution < -0.4 is 0 Å². The highest BCUT2D eigenvalue weighted by atomic mass is 35.5. The van der Waals surface area contributed by atoms with E-state index >= 15 is 0 Å². The Hall–Kier alpha value is -2.24. The normalized spacial score (nSPS) is 14.7. The van der Waals surface area contributed by atoms with Gasteiger partial charge in [-0.05, 0) is 24.3 Å². The second-order valence-corrected chi connectivity index (χ2v) is 6.11. The zero-order chi connectivity index (χ0) is 15.6. The van der Waals surface area contributed by atoms with Gasteiger partial charge in [-0.15, -0.1) is 0 Å². The van der Waals surface area contributed by atoms with Crippen LogP contribution in [0.3, 0.4) is 0 Å². The lowest BCUT2D eigenvalue weighted by atomic mass is 10.1. The van der Waals surface area contributed by atoms with Crippen LogP contribution in [0.15, 0.2) is 42.9 Å². The fraction of sp³-hybridized carbons (Fsp3) is 0.235. The van der Waals surface area contributed by atoms with Crippen LogP contribution in [0.1, 0.15) is 17.1 Å². The third kappa shape index (κ3) is 3.11. The van der Waals surface area contributed by atoms with Crippen molar-refractivity contribution in [2.75, 3.05) is 6.54 Å². The molecule has 0 saturated carbocycles. The first-order valence-corrected chi connectivity index (χ1v) is 7.97. The van der Waals surface area contributed by atoms with Gasteiger partial charge in [0, 0.05) is 54.3 Å². The Kier molecular flexibility index (Phi) is 3.81. The molecule has 1 aromatic carbocycles. The van der Waals surface area contributed by atoms with Crippen molar-refractivity contribution < 1.29 is 0 Å². The minimum atomic E-state index is 0.722. The summed E-state index contributed by atoms with van der Waals surface area (Å²) in [7, 11) is 0. The second-order valence-electron chi connectivity index (χ2n) is 5.67. The van der Waals surface area contributed by atoms with Crippen LogP contribution >= 0.6 is 11.6 Å². The lowest BCUT2D eigenvalue weighted by Crippen LogP contribution is -2.31. The molecule has 3 heterocycles. The molecule has 2 aromatic heterocycles. The summed E-state index contributed by atoms with van der Waals surface area (Å²) >= 11 is 5.93. The van der Waals surface area contributed by atoms with Crippen LogP contribution in [-0.4, -0.2) is 31.4 Å². The molecule has 116 valence electrons. The van der Waals surface area contributed by atoms with Gasteiger partial charge < -0.3 is 4.98 Å². The van der Waals surface area contributed by atoms with Gasteiger partial charge in [-0.2, -0.15) is 0 Å². The highest BCUT2D eigenvalue weighted by Crippen LogP contribution is 2.22. The molecule has 4 rings (SSSR count). The van der Waals surface area contributed by atoms with Crippen LogP contribution in [0.4, 0.5) is 0 Å². The molecule has 0 fully saturated rings. The van der Waals surface area contributed by atoms with E-state index in [4.69, 9.17) is 16.6 Å². The SMILES string of the molecule is Clc1ccc(-c2ncc3c(n2)CCN(Cc2ncc[nH]2)C3)cc1. The van der Waals surface area contributed by atoms with E-state index in [2.05, 4.69) is 19.9 Å². The van der Waals surface area contributed by atoms with E-state index in [-0.39, 0.29) is 0 Å². The summed E-state index contributed by atoms with van der Waals surface area (Å²) in [6.07, 6.45) is 6.52. The van der Waals surface area contributed by atoms with Crippen molar-refractivity contribution in [3.63, 3.8) is 0 Å². The Labute approximate surface area is 139 Å². The molecular formula is C17H16ClN5. The summed E-state index contributed by atoms with van der Waals surface area (Å²) in [6, 6.07) is 7.64. The first-order valence-electron chi connectivity index (χ1n) is 7.59. The van der Waals surface area contributed by atoms with Crippen molar-refractivity contribution in [1.82, 2.24) is 24.8 Å². The standard InChI is InChI=1S/C17H16ClN5/c18-14-3-1-12(2-4-14)17-21-9-13-10-23(8-5-15(13)22-17)11-16-19-6-7-20-16/h1-4,6-7,9H,5,8,10-11H2,(H,19,20). The van der Waals surface area contributed by atoms with Crippen LogP contribution in [0, 0.1) is 0 Å². The second kappa shape index (κ2) is 6.10. The smallest absolute Gasteiger partial charge is 0.159 e. The van der Waals surface area contributed by atoms with Gasteiger partial charge >= 0.3 is 0 Å². The summed E-state index contributed by atoms with van der Waals surface area (Å²) in [5, 5.41) is 0.722. The van der Waals surface area contributed by atoms with Gasteiger partial charge in [-0.1, -0.05) is 11.6 Å². The van der Waals surface area contributed by atoms with Crippen molar-refractivity contribution in [2.45, 2.75) is 19.5 Å². The fourth-order valence-electron chi connectivity index (χ4n) is 2.84. The zero-order valence-corrected chi connectivity index (χ0v) is 13.3. The molecule has 0 unspecified atom stereocenters. The van der Waals surface area contributed by atoms with Crippen LogP contribution in [0.5, 0.6) is 0 Å². The van der Waals surface area contributed by atoms with E-state index < -0.39 is 0 Å². The maximum atomic E-state index is 5.93. The van der Waals surface area contributed by atoms with Gasteiger partial charge in [0.05, 0.1) is 12.2 Å². The number of nitrogens with one attached hydrogen (secondary N) is 1. The number of aromatic nitrogens is 4. The molecule has 0 amide bonds. The molecule has 1 N–H and O–H groups in total. The third-order valence-corrected chi connectivity index (χ3v) is 4.30. The minimum absolute atomic E-state index is 0.722. The Morgan fingerprint density at radius 3 is 2.83 bits per heavy atom. The van der Waals surface area contributed by atoms with E-state index in [1.165, 1.54) is 5.56 Å². The minimum Gasteiger partial charge on any atom is -0.348 e. The first-order chi connectivity index (χ1) is 11.3. The lowest BCUT2D eigenvalue weighted by Gasteiger charge is -2.27. The molecule has 23 heavy (non-hydrogen) atoms. The van der Waals surface area contributed by atoms with Crippen molar-refractivity contribution in [3.05, 3.63) is 65.0 Å². The summed E-state index contributed by atoms with van der Waals surface area (Å²) in [4.78, 5) is 19.0.